The molecule has 2 fully saturated rings. The van der Waals surface area contributed by atoms with Gasteiger partial charge in [-0.1, -0.05) is 42.5 Å². The van der Waals surface area contributed by atoms with E-state index in [0.29, 0.717) is 18.0 Å². The summed E-state index contributed by atoms with van der Waals surface area (Å²) in [5.41, 5.74) is 3.16. The van der Waals surface area contributed by atoms with E-state index < -0.39 is 0 Å². The minimum Gasteiger partial charge on any atom is -1.00 e. The van der Waals surface area contributed by atoms with Crippen LogP contribution in [0, 0.1) is 6.92 Å². The number of halogens is 5. The number of hydrogen-bond donors (Lipinski definition) is 3. The van der Waals surface area contributed by atoms with Crippen LogP contribution >= 0.6 is 75.3 Å². The fraction of sp³-hybridized carbons (Fsp3) is 0.533. The van der Waals surface area contributed by atoms with Crippen LogP contribution in [-0.2, 0) is 37.6 Å². The Kier molecular flexibility index (Phi) is 64.5. The van der Waals surface area contributed by atoms with Crippen LogP contribution in [-0.4, -0.2) is 81.8 Å². The van der Waals surface area contributed by atoms with E-state index in [1.54, 1.807) is 51.2 Å². The number of pyridine rings is 4. The Morgan fingerprint density at radius 3 is 1.34 bits per heavy atom. The summed E-state index contributed by atoms with van der Waals surface area (Å²) in [7, 11) is 2.61. The third-order valence-electron chi connectivity index (χ3n) is 8.12. The molecule has 2 saturated heterocycles. The summed E-state index contributed by atoms with van der Waals surface area (Å²) < 4.78 is 8.78. The number of likely N-dealkylation sites (tertiary alicyclic amines) is 1. The van der Waals surface area contributed by atoms with Crippen molar-refractivity contribution in [2.75, 3.05) is 14.2 Å². The SMILES string of the molecule is C.C.C.C.CO.COc1cncc(Br)c1.C[C@@H]1CCC[C@H](C)N1.C[C@@H]1CCC[C@H](C)N1Cc1cncc(Br)c1.ClCc1cncc(Br)c1.OCc1cncc(Br)c1.[B].[CH2-]C.[H-].[Na+].[V]. The van der Waals surface area contributed by atoms with E-state index in [-0.39, 0.29) is 94.3 Å². The first-order valence-corrected chi connectivity index (χ1v) is 21.9. The second-order valence-electron chi connectivity index (χ2n) is 12.6. The molecule has 0 amide bonds. The average Bonchev–Trinajstić information content (AvgIpc) is 3.19. The number of aliphatic hydroxyl groups is 2. The maximum absolute atomic E-state index is 8.60. The Hall–Kier alpha value is 0.0994. The minimum absolute atomic E-state index is 0. The van der Waals surface area contributed by atoms with Gasteiger partial charge in [0.05, 0.1) is 19.9 Å². The fourth-order valence-corrected chi connectivity index (χ4v) is 7.22. The molecule has 6 heterocycles. The van der Waals surface area contributed by atoms with Crippen LogP contribution in [0.25, 0.3) is 0 Å². The monoisotopic (exact) mass is 1190 g/mol. The molecule has 350 valence electrons. The van der Waals surface area contributed by atoms with Crippen molar-refractivity contribution in [2.24, 2.45) is 0 Å². The summed E-state index contributed by atoms with van der Waals surface area (Å²) >= 11 is 18.8. The van der Waals surface area contributed by atoms with Gasteiger partial charge in [-0.3, -0.25) is 24.8 Å². The number of hydrogen-bond acceptors (Lipinski definition) is 9. The molecule has 17 heteroatoms. The van der Waals surface area contributed by atoms with Gasteiger partial charge in [-0.05, 0) is 158 Å². The normalized spacial score (nSPS) is 16.4. The molecule has 0 aliphatic carbocycles. The van der Waals surface area contributed by atoms with E-state index in [4.69, 9.17) is 26.6 Å². The number of alkyl halides is 1. The molecule has 4 atom stereocenters. The summed E-state index contributed by atoms with van der Waals surface area (Å²) in [5, 5.41) is 19.1. The van der Waals surface area contributed by atoms with Gasteiger partial charge in [0.2, 0.25) is 0 Å². The van der Waals surface area contributed by atoms with Gasteiger partial charge in [-0.25, -0.2) is 0 Å². The van der Waals surface area contributed by atoms with Crippen LogP contribution < -0.4 is 39.6 Å². The Morgan fingerprint density at radius 2 is 1.03 bits per heavy atom. The fourth-order valence-electron chi connectivity index (χ4n) is 5.50. The zero-order valence-corrected chi connectivity index (χ0v) is 45.8. The summed E-state index contributed by atoms with van der Waals surface area (Å²) in [4.78, 5) is 18.5. The van der Waals surface area contributed by atoms with E-state index in [2.05, 4.69) is 135 Å². The third-order valence-corrected chi connectivity index (χ3v) is 10.2. The topological polar surface area (TPSA) is 117 Å². The van der Waals surface area contributed by atoms with Gasteiger partial charge in [-0.15, -0.1) is 11.6 Å². The maximum atomic E-state index is 8.60. The van der Waals surface area contributed by atoms with Gasteiger partial charge in [0.15, 0.2) is 0 Å². The Bertz CT molecular complexity index is 1450. The maximum Gasteiger partial charge on any atom is 1.00 e. The van der Waals surface area contributed by atoms with Crippen LogP contribution in [0.4, 0.5) is 0 Å². The Balaban J connectivity index is -0.0000000802. The zero-order chi connectivity index (χ0) is 41.6. The van der Waals surface area contributed by atoms with Gasteiger partial charge in [0, 0.05) is 132 Å². The molecule has 0 unspecified atom stereocenters. The molecule has 0 bridgehead atoms. The predicted molar refractivity (Wildman–Crippen MR) is 277 cm³/mol. The molecular weight excluding hydrogens is 1110 g/mol. The van der Waals surface area contributed by atoms with Gasteiger partial charge in [-0.2, -0.15) is 6.92 Å². The molecule has 3 N–H and O–H groups in total. The van der Waals surface area contributed by atoms with Crippen LogP contribution in [0.2, 0.25) is 0 Å². The van der Waals surface area contributed by atoms with E-state index in [0.717, 1.165) is 60.5 Å². The van der Waals surface area contributed by atoms with Crippen molar-refractivity contribution in [1.82, 2.24) is 30.2 Å². The van der Waals surface area contributed by atoms with E-state index in [1.165, 1.54) is 44.1 Å². The van der Waals surface area contributed by atoms with Gasteiger partial charge < -0.3 is 28.6 Å². The van der Waals surface area contributed by atoms with E-state index >= 15 is 0 Å². The van der Waals surface area contributed by atoms with Gasteiger partial charge >= 0.3 is 29.6 Å². The summed E-state index contributed by atoms with van der Waals surface area (Å²) in [6.07, 6.45) is 22.1. The molecule has 4 aromatic rings. The zero-order valence-electron chi connectivity index (χ0n) is 36.3. The molecule has 4 radical (unpaired) electrons. The number of ether oxygens (including phenoxy) is 1. The number of nitrogens with zero attached hydrogens (tertiary/aromatic N) is 5. The Labute approximate surface area is 455 Å². The van der Waals surface area contributed by atoms with Crippen LogP contribution in [0.5, 0.6) is 5.75 Å². The van der Waals surface area contributed by atoms with Crippen LogP contribution in [0.1, 0.15) is 121 Å². The first-order valence-electron chi connectivity index (χ1n) is 18.2. The predicted octanol–water partition coefficient (Wildman–Crippen LogP) is 10.6. The van der Waals surface area contributed by atoms with Crippen molar-refractivity contribution >= 4 is 83.7 Å². The minimum atomic E-state index is 0. The summed E-state index contributed by atoms with van der Waals surface area (Å²) in [6, 6.07) is 10.7. The molecule has 0 spiro atoms. The van der Waals surface area contributed by atoms with Crippen molar-refractivity contribution in [3.63, 3.8) is 0 Å². The molecule has 62 heavy (non-hydrogen) atoms. The van der Waals surface area contributed by atoms with E-state index in [1.807, 2.05) is 30.6 Å². The molecular formula is C45H77BBr4ClN6NaO3V-. The number of rotatable bonds is 5. The van der Waals surface area contributed by atoms with Crippen LogP contribution in [0.15, 0.2) is 91.7 Å². The molecule has 0 aromatic carbocycles. The first-order chi connectivity index (χ1) is 26.4. The second-order valence-corrected chi connectivity index (χ2v) is 16.5. The molecule has 4 aromatic heterocycles. The number of aromatic nitrogens is 4. The summed E-state index contributed by atoms with van der Waals surface area (Å²) in [5.74, 6) is 1.29. The average molecular weight is 1190 g/mol. The Morgan fingerprint density at radius 1 is 0.677 bits per heavy atom. The molecule has 2 aliphatic rings. The quantitative estimate of drug-likeness (QED) is 0.102. The standard InChI is InChI=1S/C13H19BrN2.C7H15N.C6H5BrClN.2C6H6BrNO.C2H5.CH4O.4CH4.B.Na.V.H/c1-10-4-3-5-11(2)16(10)9-12-6-13(14)8-15-7-12;1-6-4-3-5-7(2)8-6;7-6-1-5(2-8)3-9-4-6;1-9-6-2-5(7)3-8-4-6;7-6-1-5(4-9)2-8-3-6;2*1-2;;;;;;;;/h6-8,10-11H,3-5,9H2,1-2H3;6-8H,3-5H2,1-2H3;1,3-4H,2H2;2-4H,1H3;1-3,9H,4H2;1H2,2H3;2H,1H3;4*1H4;;;;/q;;;;;-1;;;;;;;+1;;-1/t10-,11+;6-,7+;;;;;;;;;;;;;. The van der Waals surface area contributed by atoms with Gasteiger partial charge in [0.1, 0.15) is 5.75 Å². The smallest absolute Gasteiger partial charge is 1.00 e. The number of methoxy groups -OCH3 is 1. The van der Waals surface area contributed by atoms with Gasteiger partial charge in [0.25, 0.3) is 0 Å². The summed E-state index contributed by atoms with van der Waals surface area (Å²) in [6.45, 7) is 15.3. The second kappa shape index (κ2) is 50.5. The van der Waals surface area contributed by atoms with Crippen molar-refractivity contribution in [2.45, 2.75) is 146 Å². The van der Waals surface area contributed by atoms with Crippen molar-refractivity contribution in [3.05, 3.63) is 115 Å². The molecule has 0 saturated carbocycles. The molecule has 9 nitrogen and oxygen atoms in total. The largest absolute Gasteiger partial charge is 1.00 e. The van der Waals surface area contributed by atoms with Crippen molar-refractivity contribution in [3.8, 4) is 5.75 Å². The van der Waals surface area contributed by atoms with Crippen molar-refractivity contribution in [1.29, 1.82) is 0 Å². The molecule has 2 aliphatic heterocycles. The number of aliphatic hydroxyl groups excluding tert-OH is 2. The number of piperidine rings is 2. The number of nitrogens with one attached hydrogen (secondary N) is 1. The third kappa shape index (κ3) is 38.2. The molecule has 6 rings (SSSR count). The first kappa shape index (κ1) is 79.2. The van der Waals surface area contributed by atoms with Crippen molar-refractivity contribution < 1.29 is 64.5 Å². The van der Waals surface area contributed by atoms with Crippen LogP contribution in [0.3, 0.4) is 0 Å². The van der Waals surface area contributed by atoms with E-state index in [9.17, 15) is 0 Å².